The fourth-order valence-electron chi connectivity index (χ4n) is 3.49. The van der Waals surface area contributed by atoms with E-state index in [-0.39, 0.29) is 35.2 Å². The Morgan fingerprint density at radius 1 is 1.00 bits per heavy atom. The third-order valence-electron chi connectivity index (χ3n) is 5.16. The molecule has 0 aromatic heterocycles. The maximum absolute atomic E-state index is 12.2. The van der Waals surface area contributed by atoms with Gasteiger partial charge in [-0.05, 0) is 31.6 Å². The molecule has 0 radical (unpaired) electrons. The first-order valence-corrected chi connectivity index (χ1v) is 8.77. The summed E-state index contributed by atoms with van der Waals surface area (Å²) in [5, 5.41) is 0. The molecule has 128 valence electrons. The highest BCUT2D eigenvalue weighted by Crippen LogP contribution is 2.31. The number of carbonyl (C=O) groups is 4. The van der Waals surface area contributed by atoms with Gasteiger partial charge < -0.3 is 0 Å². The summed E-state index contributed by atoms with van der Waals surface area (Å²) in [4.78, 5) is 48.5. The molecule has 1 aliphatic carbocycles. The minimum Gasteiger partial charge on any atom is -0.299 e. The second kappa shape index (κ2) is 7.84. The molecule has 1 saturated heterocycles. The van der Waals surface area contributed by atoms with Crippen LogP contribution in [-0.4, -0.2) is 34.8 Å². The highest BCUT2D eigenvalue weighted by Gasteiger charge is 2.33. The fourth-order valence-corrected chi connectivity index (χ4v) is 3.49. The number of amides is 2. The lowest BCUT2D eigenvalue weighted by Crippen LogP contribution is -2.36. The lowest BCUT2D eigenvalue weighted by molar-refractivity contribution is -0.139. The van der Waals surface area contributed by atoms with Crippen molar-refractivity contribution in [3.8, 4) is 0 Å². The average Bonchev–Trinajstić information content (AvgIpc) is 2.84. The van der Waals surface area contributed by atoms with E-state index in [0.29, 0.717) is 38.1 Å². The fraction of sp³-hybridized carbons (Fsp3) is 0.778. The minimum absolute atomic E-state index is 0.00549. The number of carbonyl (C=O) groups excluding carboxylic acids is 4. The number of hydrogen-bond acceptors (Lipinski definition) is 4. The summed E-state index contributed by atoms with van der Waals surface area (Å²) in [6, 6.07) is 0. The Labute approximate surface area is 137 Å². The Morgan fingerprint density at radius 2 is 1.57 bits per heavy atom. The predicted molar refractivity (Wildman–Crippen MR) is 85.5 cm³/mol. The van der Waals surface area contributed by atoms with Gasteiger partial charge in [0.25, 0.3) is 0 Å². The van der Waals surface area contributed by atoms with Gasteiger partial charge in [-0.15, -0.1) is 0 Å². The van der Waals surface area contributed by atoms with Crippen molar-refractivity contribution < 1.29 is 19.2 Å². The van der Waals surface area contributed by atoms with Crippen LogP contribution in [0, 0.1) is 17.8 Å². The van der Waals surface area contributed by atoms with Gasteiger partial charge in [-0.25, -0.2) is 0 Å². The number of Topliss-reactive ketones (excluding diaryl/α,β-unsaturated/α-hetero) is 2. The van der Waals surface area contributed by atoms with Gasteiger partial charge in [0.1, 0.15) is 11.6 Å². The van der Waals surface area contributed by atoms with Crippen molar-refractivity contribution in [2.24, 2.45) is 17.8 Å². The molecule has 2 rings (SSSR count). The molecule has 0 aromatic carbocycles. The third kappa shape index (κ3) is 4.72. The van der Waals surface area contributed by atoms with Crippen molar-refractivity contribution in [2.75, 3.05) is 6.54 Å². The van der Waals surface area contributed by atoms with Crippen LogP contribution in [0.25, 0.3) is 0 Å². The van der Waals surface area contributed by atoms with Gasteiger partial charge in [-0.1, -0.05) is 13.8 Å². The van der Waals surface area contributed by atoms with Crippen LogP contribution in [-0.2, 0) is 19.2 Å². The Kier molecular flexibility index (Phi) is 6.08. The molecule has 0 atom stereocenters. The topological polar surface area (TPSA) is 71.5 Å². The first-order valence-electron chi connectivity index (χ1n) is 8.77. The summed E-state index contributed by atoms with van der Waals surface area (Å²) in [6.45, 7) is 4.24. The van der Waals surface area contributed by atoms with Crippen LogP contribution in [0.5, 0.6) is 0 Å². The second-order valence-electron chi connectivity index (χ2n) is 7.20. The van der Waals surface area contributed by atoms with Gasteiger partial charge in [-0.3, -0.25) is 24.1 Å². The number of likely N-dealkylation sites (tertiary alicyclic amines) is 1. The number of rotatable bonds is 7. The van der Waals surface area contributed by atoms with Gasteiger partial charge in [0, 0.05) is 44.1 Å². The number of hydrogen-bond donors (Lipinski definition) is 0. The Hall–Kier alpha value is -1.52. The van der Waals surface area contributed by atoms with Crippen molar-refractivity contribution in [3.63, 3.8) is 0 Å². The van der Waals surface area contributed by atoms with Gasteiger partial charge in [0.05, 0.1) is 0 Å². The monoisotopic (exact) mass is 321 g/mol. The number of nitrogens with zero attached hydrogens (tertiary/aromatic N) is 1. The van der Waals surface area contributed by atoms with Crippen LogP contribution >= 0.6 is 0 Å². The Morgan fingerprint density at radius 3 is 2.09 bits per heavy atom. The quantitative estimate of drug-likeness (QED) is 0.676. The lowest BCUT2D eigenvalue weighted by atomic mass is 9.78. The normalized spacial score (nSPS) is 25.3. The van der Waals surface area contributed by atoms with Crippen molar-refractivity contribution in [1.82, 2.24) is 4.90 Å². The van der Waals surface area contributed by atoms with Crippen LogP contribution in [0.2, 0.25) is 0 Å². The lowest BCUT2D eigenvalue weighted by Gasteiger charge is -2.30. The van der Waals surface area contributed by atoms with E-state index < -0.39 is 0 Å². The summed E-state index contributed by atoms with van der Waals surface area (Å²) in [6.07, 6.45) is 4.79. The van der Waals surface area contributed by atoms with Gasteiger partial charge in [0.15, 0.2) is 0 Å². The molecular weight excluding hydrogens is 294 g/mol. The second-order valence-corrected chi connectivity index (χ2v) is 7.20. The first kappa shape index (κ1) is 17.8. The zero-order valence-electron chi connectivity index (χ0n) is 14.2. The zero-order chi connectivity index (χ0) is 17.0. The molecular formula is C18H27NO4. The molecule has 5 nitrogen and oxygen atoms in total. The zero-order valence-corrected chi connectivity index (χ0v) is 14.2. The largest absolute Gasteiger partial charge is 0.299 e. The van der Waals surface area contributed by atoms with E-state index in [1.54, 1.807) is 0 Å². The Balaban J connectivity index is 1.73. The van der Waals surface area contributed by atoms with Crippen molar-refractivity contribution in [1.29, 1.82) is 0 Å². The highest BCUT2D eigenvalue weighted by atomic mass is 16.2. The van der Waals surface area contributed by atoms with Crippen LogP contribution in [0.4, 0.5) is 0 Å². The first-order chi connectivity index (χ1) is 10.9. The van der Waals surface area contributed by atoms with Crippen molar-refractivity contribution in [2.45, 2.75) is 65.2 Å². The molecule has 2 fully saturated rings. The highest BCUT2D eigenvalue weighted by molar-refractivity contribution is 6.01. The summed E-state index contributed by atoms with van der Waals surface area (Å²) in [5.41, 5.74) is 0. The average molecular weight is 321 g/mol. The van der Waals surface area contributed by atoms with Crippen molar-refractivity contribution in [3.05, 3.63) is 0 Å². The summed E-state index contributed by atoms with van der Waals surface area (Å²) < 4.78 is 0. The predicted octanol–water partition coefficient (Wildman–Crippen LogP) is 2.52. The molecule has 1 heterocycles. The molecule has 0 unspecified atom stereocenters. The van der Waals surface area contributed by atoms with E-state index in [4.69, 9.17) is 0 Å². The SMILES string of the molecule is CC(C)C(=O)CCC(=O)C1CCC(CN2C(=O)CCC2=O)CC1. The maximum Gasteiger partial charge on any atom is 0.229 e. The molecule has 0 aromatic rings. The minimum atomic E-state index is -0.0552. The van der Waals surface area contributed by atoms with E-state index >= 15 is 0 Å². The van der Waals surface area contributed by atoms with Crippen LogP contribution in [0.15, 0.2) is 0 Å². The Bertz CT molecular complexity index is 473. The molecule has 2 amide bonds. The molecule has 0 N–H and O–H groups in total. The smallest absolute Gasteiger partial charge is 0.229 e. The molecule has 0 spiro atoms. The van der Waals surface area contributed by atoms with Gasteiger partial charge >= 0.3 is 0 Å². The summed E-state index contributed by atoms with van der Waals surface area (Å²) >= 11 is 0. The van der Waals surface area contributed by atoms with E-state index in [1.165, 1.54) is 4.90 Å². The van der Waals surface area contributed by atoms with Gasteiger partial charge in [-0.2, -0.15) is 0 Å². The number of ketones is 2. The van der Waals surface area contributed by atoms with Crippen LogP contribution in [0.3, 0.4) is 0 Å². The molecule has 5 heteroatoms. The molecule has 23 heavy (non-hydrogen) atoms. The molecule has 0 bridgehead atoms. The van der Waals surface area contributed by atoms with Crippen LogP contribution < -0.4 is 0 Å². The van der Waals surface area contributed by atoms with E-state index in [1.807, 2.05) is 13.8 Å². The van der Waals surface area contributed by atoms with E-state index in [0.717, 1.165) is 25.7 Å². The standard InChI is InChI=1S/C18H27NO4/c1-12(2)15(20)7-8-16(21)14-5-3-13(4-6-14)11-19-17(22)9-10-18(19)23/h12-14H,3-11H2,1-2H3. The number of imide groups is 1. The molecule has 1 saturated carbocycles. The van der Waals surface area contributed by atoms with Gasteiger partial charge in [0.2, 0.25) is 11.8 Å². The molecule has 2 aliphatic rings. The maximum atomic E-state index is 12.2. The van der Waals surface area contributed by atoms with Crippen molar-refractivity contribution >= 4 is 23.4 Å². The summed E-state index contributed by atoms with van der Waals surface area (Å²) in [5.74, 6) is 0.609. The summed E-state index contributed by atoms with van der Waals surface area (Å²) in [7, 11) is 0. The van der Waals surface area contributed by atoms with E-state index in [2.05, 4.69) is 0 Å². The van der Waals surface area contributed by atoms with E-state index in [9.17, 15) is 19.2 Å². The van der Waals surface area contributed by atoms with Crippen LogP contribution in [0.1, 0.15) is 65.2 Å². The third-order valence-corrected chi connectivity index (χ3v) is 5.16. The molecule has 1 aliphatic heterocycles.